The molecule has 2 nitrogen and oxygen atoms in total. The molecule has 0 aliphatic heterocycles. The van der Waals surface area contributed by atoms with Crippen LogP contribution in [-0.4, -0.2) is 12.5 Å². The molecule has 4 fully saturated rings. The lowest BCUT2D eigenvalue weighted by Crippen LogP contribution is -2.54. The second kappa shape index (κ2) is 3.23. The Morgan fingerprint density at radius 3 is 2.00 bits per heavy atom. The van der Waals surface area contributed by atoms with Crippen LogP contribution in [0.3, 0.4) is 0 Å². The first kappa shape index (κ1) is 9.68. The standard InChI is InChI=1S/C13H21NO/c1-9(14-8-15)13-5-10-2-11(6-13)4-12(3-10)7-13/h8-12H,2-7H2,1H3,(H,14,15). The maximum Gasteiger partial charge on any atom is 0.207 e. The largest absolute Gasteiger partial charge is 0.356 e. The number of nitrogens with one attached hydrogen (secondary N) is 1. The Morgan fingerprint density at radius 2 is 1.60 bits per heavy atom. The average Bonchev–Trinajstić information content (AvgIpc) is 2.15. The van der Waals surface area contributed by atoms with Gasteiger partial charge in [-0.2, -0.15) is 0 Å². The zero-order valence-electron chi connectivity index (χ0n) is 9.54. The number of rotatable bonds is 3. The van der Waals surface area contributed by atoms with Crippen molar-refractivity contribution in [2.45, 2.75) is 51.5 Å². The average molecular weight is 207 g/mol. The van der Waals surface area contributed by atoms with Gasteiger partial charge in [0.05, 0.1) is 0 Å². The van der Waals surface area contributed by atoms with Crippen molar-refractivity contribution < 1.29 is 4.79 Å². The van der Waals surface area contributed by atoms with Crippen LogP contribution in [0.15, 0.2) is 0 Å². The fourth-order valence-electron chi connectivity index (χ4n) is 4.99. The number of carbonyl (C=O) groups excluding carboxylic acids is 1. The van der Waals surface area contributed by atoms with E-state index in [1.807, 2.05) is 0 Å². The first-order valence-electron chi connectivity index (χ1n) is 6.41. The Kier molecular flexibility index (Phi) is 2.08. The monoisotopic (exact) mass is 207 g/mol. The molecule has 4 rings (SSSR count). The van der Waals surface area contributed by atoms with E-state index in [2.05, 4.69) is 12.2 Å². The molecule has 2 heteroatoms. The van der Waals surface area contributed by atoms with Crippen LogP contribution in [0.1, 0.15) is 45.4 Å². The minimum Gasteiger partial charge on any atom is -0.356 e. The van der Waals surface area contributed by atoms with Crippen LogP contribution >= 0.6 is 0 Å². The fraction of sp³-hybridized carbons (Fsp3) is 0.923. The molecular weight excluding hydrogens is 186 g/mol. The van der Waals surface area contributed by atoms with Gasteiger partial charge in [0.15, 0.2) is 0 Å². The molecule has 0 saturated heterocycles. The van der Waals surface area contributed by atoms with E-state index in [4.69, 9.17) is 0 Å². The van der Waals surface area contributed by atoms with Crippen LogP contribution in [0, 0.1) is 23.2 Å². The Balaban J connectivity index is 1.83. The van der Waals surface area contributed by atoms with Crippen molar-refractivity contribution in [3.63, 3.8) is 0 Å². The summed E-state index contributed by atoms with van der Waals surface area (Å²) in [4.78, 5) is 10.6. The van der Waals surface area contributed by atoms with E-state index in [9.17, 15) is 4.79 Å². The summed E-state index contributed by atoms with van der Waals surface area (Å²) < 4.78 is 0. The Morgan fingerprint density at radius 1 is 1.13 bits per heavy atom. The zero-order valence-corrected chi connectivity index (χ0v) is 9.54. The summed E-state index contributed by atoms with van der Waals surface area (Å²) in [6.45, 7) is 2.21. The van der Waals surface area contributed by atoms with E-state index in [1.165, 1.54) is 38.5 Å². The van der Waals surface area contributed by atoms with Crippen molar-refractivity contribution in [3.05, 3.63) is 0 Å². The van der Waals surface area contributed by atoms with Crippen molar-refractivity contribution >= 4 is 6.41 Å². The molecule has 4 bridgehead atoms. The highest BCUT2D eigenvalue weighted by atomic mass is 16.1. The zero-order chi connectivity index (χ0) is 10.5. The molecule has 4 saturated carbocycles. The van der Waals surface area contributed by atoms with Crippen molar-refractivity contribution in [1.82, 2.24) is 5.32 Å². The van der Waals surface area contributed by atoms with Crippen molar-refractivity contribution in [2.24, 2.45) is 23.2 Å². The van der Waals surface area contributed by atoms with Gasteiger partial charge in [0.2, 0.25) is 6.41 Å². The van der Waals surface area contributed by atoms with Gasteiger partial charge in [0.1, 0.15) is 0 Å². The Labute approximate surface area is 91.8 Å². The normalized spacial score (nSPS) is 49.0. The van der Waals surface area contributed by atoms with E-state index in [0.29, 0.717) is 11.5 Å². The third-order valence-corrected chi connectivity index (χ3v) is 5.32. The molecule has 84 valence electrons. The van der Waals surface area contributed by atoms with Gasteiger partial charge in [-0.15, -0.1) is 0 Å². The van der Waals surface area contributed by atoms with Crippen LogP contribution in [0.4, 0.5) is 0 Å². The Hall–Kier alpha value is -0.530. The van der Waals surface area contributed by atoms with Gasteiger partial charge in [-0.3, -0.25) is 4.79 Å². The van der Waals surface area contributed by atoms with Crippen LogP contribution < -0.4 is 5.32 Å². The van der Waals surface area contributed by atoms with Gasteiger partial charge in [-0.25, -0.2) is 0 Å². The SMILES string of the molecule is CC(NC=O)C12CC3CC(CC(C3)C1)C2. The molecule has 0 aromatic rings. The highest BCUT2D eigenvalue weighted by molar-refractivity contribution is 5.47. The minimum absolute atomic E-state index is 0.392. The van der Waals surface area contributed by atoms with Gasteiger partial charge in [-0.05, 0) is 68.6 Å². The van der Waals surface area contributed by atoms with Gasteiger partial charge in [0.25, 0.3) is 0 Å². The lowest BCUT2D eigenvalue weighted by molar-refractivity contribution is -0.114. The molecule has 1 unspecified atom stereocenters. The predicted molar refractivity (Wildman–Crippen MR) is 59.3 cm³/mol. The predicted octanol–water partition coefficient (Wildman–Crippen LogP) is 2.34. The third-order valence-electron chi connectivity index (χ3n) is 5.32. The molecule has 0 aromatic carbocycles. The summed E-state index contributed by atoms with van der Waals surface area (Å²) in [6.07, 6.45) is 9.46. The highest BCUT2D eigenvalue weighted by Crippen LogP contribution is 2.61. The summed E-state index contributed by atoms with van der Waals surface area (Å²) in [7, 11) is 0. The third kappa shape index (κ3) is 1.41. The molecule has 0 spiro atoms. The molecule has 0 radical (unpaired) electrons. The van der Waals surface area contributed by atoms with E-state index in [0.717, 1.165) is 24.2 Å². The molecule has 1 N–H and O–H groups in total. The van der Waals surface area contributed by atoms with Crippen LogP contribution in [0.5, 0.6) is 0 Å². The fourth-order valence-corrected chi connectivity index (χ4v) is 4.99. The summed E-state index contributed by atoms with van der Waals surface area (Å²) >= 11 is 0. The van der Waals surface area contributed by atoms with Crippen molar-refractivity contribution in [3.8, 4) is 0 Å². The lowest BCUT2D eigenvalue weighted by Gasteiger charge is -2.58. The smallest absolute Gasteiger partial charge is 0.207 e. The first-order chi connectivity index (χ1) is 7.22. The van der Waals surface area contributed by atoms with Crippen LogP contribution in [-0.2, 0) is 4.79 Å². The second-order valence-corrected chi connectivity index (χ2v) is 6.29. The summed E-state index contributed by atoms with van der Waals surface area (Å²) in [5.74, 6) is 2.94. The molecule has 15 heavy (non-hydrogen) atoms. The molecule has 4 aliphatic rings. The van der Waals surface area contributed by atoms with Crippen molar-refractivity contribution in [1.29, 1.82) is 0 Å². The van der Waals surface area contributed by atoms with E-state index < -0.39 is 0 Å². The minimum atomic E-state index is 0.392. The Bertz CT molecular complexity index is 238. The summed E-state index contributed by atoms with van der Waals surface area (Å²) in [5.41, 5.74) is 0.468. The maximum absolute atomic E-state index is 10.6. The summed E-state index contributed by atoms with van der Waals surface area (Å²) in [6, 6.07) is 0.392. The number of carbonyl (C=O) groups is 1. The number of hydrogen-bond donors (Lipinski definition) is 1. The van der Waals surface area contributed by atoms with Gasteiger partial charge in [0, 0.05) is 6.04 Å². The van der Waals surface area contributed by atoms with Gasteiger partial charge >= 0.3 is 0 Å². The van der Waals surface area contributed by atoms with E-state index in [1.54, 1.807) is 0 Å². The number of hydrogen-bond acceptors (Lipinski definition) is 1. The van der Waals surface area contributed by atoms with E-state index in [-0.39, 0.29) is 0 Å². The van der Waals surface area contributed by atoms with Gasteiger partial charge < -0.3 is 5.32 Å². The highest BCUT2D eigenvalue weighted by Gasteiger charge is 2.52. The molecule has 1 amide bonds. The molecule has 0 heterocycles. The molecule has 4 aliphatic carbocycles. The molecular formula is C13H21NO. The van der Waals surface area contributed by atoms with E-state index >= 15 is 0 Å². The molecule has 0 aromatic heterocycles. The molecule has 1 atom stereocenters. The van der Waals surface area contributed by atoms with Crippen LogP contribution in [0.25, 0.3) is 0 Å². The quantitative estimate of drug-likeness (QED) is 0.707. The van der Waals surface area contributed by atoms with Crippen molar-refractivity contribution in [2.75, 3.05) is 0 Å². The second-order valence-electron chi connectivity index (χ2n) is 6.29. The maximum atomic E-state index is 10.6. The topological polar surface area (TPSA) is 29.1 Å². The first-order valence-corrected chi connectivity index (χ1v) is 6.41. The van der Waals surface area contributed by atoms with Gasteiger partial charge in [-0.1, -0.05) is 0 Å². The lowest BCUT2D eigenvalue weighted by atomic mass is 9.48. The van der Waals surface area contributed by atoms with Crippen LogP contribution in [0.2, 0.25) is 0 Å². The summed E-state index contributed by atoms with van der Waals surface area (Å²) in [5, 5.41) is 3.02. The number of amides is 1.